The predicted molar refractivity (Wildman–Crippen MR) is 107 cm³/mol. The van der Waals surface area contributed by atoms with Crippen molar-refractivity contribution in [3.05, 3.63) is 100 Å². The molecule has 0 bridgehead atoms. The third kappa shape index (κ3) is 5.36. The lowest BCUT2D eigenvalue weighted by atomic mass is 10.2. The highest BCUT2D eigenvalue weighted by Gasteiger charge is 2.07. The van der Waals surface area contributed by atoms with Crippen LogP contribution in [0.3, 0.4) is 0 Å². The van der Waals surface area contributed by atoms with Crippen LogP contribution in [0.5, 0.6) is 5.75 Å². The van der Waals surface area contributed by atoms with Crippen molar-refractivity contribution in [2.24, 2.45) is 5.10 Å². The SMILES string of the molecule is O=C(NN=Cc1ccc(OC(=O)c2ccccc2)cc1)c1cccc(Br)c1. The molecular weight excluding hydrogens is 408 g/mol. The summed E-state index contributed by atoms with van der Waals surface area (Å²) < 4.78 is 6.13. The molecule has 3 aromatic rings. The van der Waals surface area contributed by atoms with Gasteiger partial charge in [-0.05, 0) is 60.2 Å². The van der Waals surface area contributed by atoms with Crippen LogP contribution in [0.15, 0.2) is 88.4 Å². The highest BCUT2D eigenvalue weighted by Crippen LogP contribution is 2.14. The van der Waals surface area contributed by atoms with E-state index < -0.39 is 5.97 Å². The Morgan fingerprint density at radius 3 is 2.30 bits per heavy atom. The standard InChI is InChI=1S/C21H15BrN2O3/c22-18-8-4-7-17(13-18)20(25)24-23-14-15-9-11-19(12-10-15)27-21(26)16-5-2-1-3-6-16/h1-14H,(H,24,25). The summed E-state index contributed by atoms with van der Waals surface area (Å²) in [4.78, 5) is 24.0. The van der Waals surface area contributed by atoms with Crippen molar-refractivity contribution < 1.29 is 14.3 Å². The molecule has 0 spiro atoms. The van der Waals surface area contributed by atoms with Crippen molar-refractivity contribution in [3.63, 3.8) is 0 Å². The maximum atomic E-state index is 12.0. The minimum absolute atomic E-state index is 0.305. The number of hydrazone groups is 1. The lowest BCUT2D eigenvalue weighted by Crippen LogP contribution is -2.17. The molecule has 0 aromatic heterocycles. The number of carbonyl (C=O) groups excluding carboxylic acids is 2. The van der Waals surface area contributed by atoms with E-state index in [2.05, 4.69) is 26.5 Å². The second-order valence-corrected chi connectivity index (χ2v) is 6.45. The summed E-state index contributed by atoms with van der Waals surface area (Å²) in [6.07, 6.45) is 1.51. The minimum Gasteiger partial charge on any atom is -0.423 e. The normalized spacial score (nSPS) is 10.6. The third-order valence-electron chi connectivity index (χ3n) is 3.57. The molecule has 6 heteroatoms. The Hall–Kier alpha value is -3.25. The molecule has 27 heavy (non-hydrogen) atoms. The number of amides is 1. The number of hydrogen-bond acceptors (Lipinski definition) is 4. The second kappa shape index (κ2) is 8.91. The van der Waals surface area contributed by atoms with E-state index in [1.807, 2.05) is 12.1 Å². The van der Waals surface area contributed by atoms with Crippen LogP contribution in [0.1, 0.15) is 26.3 Å². The number of hydrogen-bond donors (Lipinski definition) is 1. The molecule has 3 aromatic carbocycles. The van der Waals surface area contributed by atoms with Gasteiger partial charge in [-0.1, -0.05) is 40.2 Å². The zero-order chi connectivity index (χ0) is 19.1. The van der Waals surface area contributed by atoms with Crippen molar-refractivity contribution in [1.29, 1.82) is 0 Å². The monoisotopic (exact) mass is 422 g/mol. The van der Waals surface area contributed by atoms with E-state index in [9.17, 15) is 9.59 Å². The summed E-state index contributed by atoms with van der Waals surface area (Å²) in [5.41, 5.74) is 4.21. The second-order valence-electron chi connectivity index (χ2n) is 5.53. The largest absolute Gasteiger partial charge is 0.423 e. The maximum Gasteiger partial charge on any atom is 0.343 e. The Morgan fingerprint density at radius 1 is 0.889 bits per heavy atom. The van der Waals surface area contributed by atoms with Crippen LogP contribution >= 0.6 is 15.9 Å². The Labute approximate surface area is 164 Å². The fraction of sp³-hybridized carbons (Fsp3) is 0. The van der Waals surface area contributed by atoms with E-state index in [-0.39, 0.29) is 5.91 Å². The van der Waals surface area contributed by atoms with Crippen molar-refractivity contribution in [1.82, 2.24) is 5.43 Å². The molecule has 0 aliphatic carbocycles. The van der Waals surface area contributed by atoms with Crippen LogP contribution in [-0.2, 0) is 0 Å². The van der Waals surface area contributed by atoms with Gasteiger partial charge in [0.2, 0.25) is 0 Å². The number of ether oxygens (including phenoxy) is 1. The smallest absolute Gasteiger partial charge is 0.343 e. The average Bonchev–Trinajstić information content (AvgIpc) is 2.70. The maximum absolute atomic E-state index is 12.0. The van der Waals surface area contributed by atoms with Gasteiger partial charge in [0.15, 0.2) is 0 Å². The predicted octanol–water partition coefficient (Wildman–Crippen LogP) is 4.43. The fourth-order valence-corrected chi connectivity index (χ4v) is 2.62. The molecule has 1 N–H and O–H groups in total. The van der Waals surface area contributed by atoms with Gasteiger partial charge in [0.1, 0.15) is 5.75 Å². The Balaban J connectivity index is 1.56. The van der Waals surface area contributed by atoms with E-state index in [0.717, 1.165) is 10.0 Å². The molecule has 0 aliphatic rings. The summed E-state index contributed by atoms with van der Waals surface area (Å²) in [5.74, 6) is -0.293. The van der Waals surface area contributed by atoms with Crippen LogP contribution in [0.2, 0.25) is 0 Å². The van der Waals surface area contributed by atoms with Crippen LogP contribution in [0.4, 0.5) is 0 Å². The van der Waals surface area contributed by atoms with Gasteiger partial charge >= 0.3 is 5.97 Å². The highest BCUT2D eigenvalue weighted by atomic mass is 79.9. The first-order chi connectivity index (χ1) is 13.1. The number of benzene rings is 3. The first kappa shape index (κ1) is 18.5. The Kier molecular flexibility index (Phi) is 6.12. The lowest BCUT2D eigenvalue weighted by Gasteiger charge is -2.04. The quantitative estimate of drug-likeness (QED) is 0.286. The summed E-state index contributed by atoms with van der Waals surface area (Å²) in [6, 6.07) is 22.6. The zero-order valence-electron chi connectivity index (χ0n) is 14.1. The molecule has 0 fully saturated rings. The number of rotatable bonds is 5. The van der Waals surface area contributed by atoms with E-state index >= 15 is 0 Å². The molecule has 1 amide bonds. The van der Waals surface area contributed by atoms with Gasteiger partial charge in [0, 0.05) is 10.0 Å². The Morgan fingerprint density at radius 2 is 1.59 bits per heavy atom. The first-order valence-corrected chi connectivity index (χ1v) is 8.87. The van der Waals surface area contributed by atoms with E-state index in [0.29, 0.717) is 16.9 Å². The molecule has 5 nitrogen and oxygen atoms in total. The van der Waals surface area contributed by atoms with Crippen molar-refractivity contribution in [2.75, 3.05) is 0 Å². The Bertz CT molecular complexity index is 970. The van der Waals surface area contributed by atoms with E-state index in [1.165, 1.54) is 6.21 Å². The van der Waals surface area contributed by atoms with E-state index in [4.69, 9.17) is 4.74 Å². The summed E-state index contributed by atoms with van der Waals surface area (Å²) in [6.45, 7) is 0. The first-order valence-electron chi connectivity index (χ1n) is 8.08. The molecule has 3 rings (SSSR count). The highest BCUT2D eigenvalue weighted by molar-refractivity contribution is 9.10. The van der Waals surface area contributed by atoms with Crippen molar-refractivity contribution >= 4 is 34.0 Å². The van der Waals surface area contributed by atoms with Gasteiger partial charge in [-0.25, -0.2) is 10.2 Å². The van der Waals surface area contributed by atoms with Gasteiger partial charge in [-0.15, -0.1) is 0 Å². The summed E-state index contributed by atoms with van der Waals surface area (Å²) >= 11 is 3.32. The fourth-order valence-electron chi connectivity index (χ4n) is 2.22. The van der Waals surface area contributed by atoms with Gasteiger partial charge in [-0.2, -0.15) is 5.10 Å². The van der Waals surface area contributed by atoms with Crippen molar-refractivity contribution in [3.8, 4) is 5.75 Å². The summed E-state index contributed by atoms with van der Waals surface area (Å²) in [7, 11) is 0. The molecule has 0 unspecified atom stereocenters. The third-order valence-corrected chi connectivity index (χ3v) is 4.06. The topological polar surface area (TPSA) is 67.8 Å². The molecule has 0 atom stereocenters. The van der Waals surface area contributed by atoms with Crippen LogP contribution in [0.25, 0.3) is 0 Å². The molecule has 0 saturated carbocycles. The molecule has 0 aliphatic heterocycles. The van der Waals surface area contributed by atoms with Crippen LogP contribution in [-0.4, -0.2) is 18.1 Å². The van der Waals surface area contributed by atoms with Gasteiger partial charge < -0.3 is 4.74 Å². The van der Waals surface area contributed by atoms with E-state index in [1.54, 1.807) is 66.7 Å². The number of nitrogens with one attached hydrogen (secondary N) is 1. The van der Waals surface area contributed by atoms with Gasteiger partial charge in [0.25, 0.3) is 5.91 Å². The molecule has 0 radical (unpaired) electrons. The number of carbonyl (C=O) groups is 2. The summed E-state index contributed by atoms with van der Waals surface area (Å²) in [5, 5.41) is 3.94. The van der Waals surface area contributed by atoms with Crippen LogP contribution < -0.4 is 10.2 Å². The van der Waals surface area contributed by atoms with Gasteiger partial charge in [0.05, 0.1) is 11.8 Å². The van der Waals surface area contributed by atoms with Crippen LogP contribution in [0, 0.1) is 0 Å². The molecular formula is C21H15BrN2O3. The average molecular weight is 423 g/mol. The zero-order valence-corrected chi connectivity index (χ0v) is 15.7. The number of halogens is 1. The number of esters is 1. The molecule has 134 valence electrons. The van der Waals surface area contributed by atoms with Crippen molar-refractivity contribution in [2.45, 2.75) is 0 Å². The molecule has 0 saturated heterocycles. The lowest BCUT2D eigenvalue weighted by molar-refractivity contribution is 0.0734. The molecule has 0 heterocycles. The number of nitrogens with zero attached hydrogens (tertiary/aromatic N) is 1. The minimum atomic E-state index is -0.418. The van der Waals surface area contributed by atoms with Gasteiger partial charge in [-0.3, -0.25) is 4.79 Å².